The second-order valence-electron chi connectivity index (χ2n) is 4.14. The quantitative estimate of drug-likeness (QED) is 0.592. The zero-order valence-electron chi connectivity index (χ0n) is 11.3. The van der Waals surface area contributed by atoms with Crippen molar-refractivity contribution >= 4 is 21.9 Å². The molecule has 0 bridgehead atoms. The van der Waals surface area contributed by atoms with Gasteiger partial charge >= 0.3 is 12.1 Å². The fourth-order valence-corrected chi connectivity index (χ4v) is 2.01. The summed E-state index contributed by atoms with van der Waals surface area (Å²) in [5.41, 5.74) is 1.29. The summed E-state index contributed by atoms with van der Waals surface area (Å²) in [5.74, 6) is -0.434. The first-order valence-corrected chi connectivity index (χ1v) is 6.85. The van der Waals surface area contributed by atoms with Crippen LogP contribution in [0.4, 0.5) is 13.2 Å². The third-order valence-electron chi connectivity index (χ3n) is 2.48. The Hall–Kier alpha value is -1.12. The molecule has 0 aromatic heterocycles. The summed E-state index contributed by atoms with van der Waals surface area (Å²) >= 11 is 3.33. The van der Waals surface area contributed by atoms with Crippen molar-refractivity contribution in [2.24, 2.45) is 0 Å². The van der Waals surface area contributed by atoms with E-state index in [1.165, 1.54) is 7.11 Å². The van der Waals surface area contributed by atoms with Gasteiger partial charge in [0.05, 0.1) is 19.3 Å². The number of alkyl halides is 3. The SMILES string of the molecule is COC(=O)c1ccc(CNCCOCC(F)(F)F)c(Br)c1. The Kier molecular flexibility index (Phi) is 7.13. The van der Waals surface area contributed by atoms with Gasteiger partial charge in [-0.05, 0) is 17.7 Å². The summed E-state index contributed by atoms with van der Waals surface area (Å²) in [6, 6.07) is 4.98. The van der Waals surface area contributed by atoms with E-state index < -0.39 is 18.8 Å². The highest BCUT2D eigenvalue weighted by Gasteiger charge is 2.27. The average molecular weight is 370 g/mol. The van der Waals surface area contributed by atoms with E-state index in [4.69, 9.17) is 0 Å². The molecular weight excluding hydrogens is 355 g/mol. The second-order valence-corrected chi connectivity index (χ2v) is 5.00. The van der Waals surface area contributed by atoms with Crippen LogP contribution in [-0.2, 0) is 16.0 Å². The van der Waals surface area contributed by atoms with Crippen LogP contribution in [0.2, 0.25) is 0 Å². The summed E-state index contributed by atoms with van der Waals surface area (Å²) in [6.07, 6.45) is -4.30. The van der Waals surface area contributed by atoms with Crippen LogP contribution >= 0.6 is 15.9 Å². The van der Waals surface area contributed by atoms with E-state index in [2.05, 4.69) is 30.7 Å². The number of benzene rings is 1. The van der Waals surface area contributed by atoms with Gasteiger partial charge in [-0.3, -0.25) is 0 Å². The Labute approximate surface area is 128 Å². The monoisotopic (exact) mass is 369 g/mol. The van der Waals surface area contributed by atoms with E-state index >= 15 is 0 Å². The molecule has 0 saturated carbocycles. The van der Waals surface area contributed by atoms with Crippen molar-refractivity contribution in [3.63, 3.8) is 0 Å². The molecule has 0 aliphatic heterocycles. The zero-order valence-corrected chi connectivity index (χ0v) is 12.9. The third-order valence-corrected chi connectivity index (χ3v) is 3.22. The minimum atomic E-state index is -4.30. The Morgan fingerprint density at radius 3 is 2.67 bits per heavy atom. The van der Waals surface area contributed by atoms with E-state index in [9.17, 15) is 18.0 Å². The van der Waals surface area contributed by atoms with E-state index in [1.54, 1.807) is 18.2 Å². The Morgan fingerprint density at radius 2 is 2.10 bits per heavy atom. The number of esters is 1. The second kappa shape index (κ2) is 8.35. The molecule has 0 saturated heterocycles. The number of hydrogen-bond acceptors (Lipinski definition) is 4. The van der Waals surface area contributed by atoms with Crippen molar-refractivity contribution < 1.29 is 27.4 Å². The average Bonchev–Trinajstić information content (AvgIpc) is 2.42. The van der Waals surface area contributed by atoms with E-state index in [0.717, 1.165) is 5.56 Å². The Morgan fingerprint density at radius 1 is 1.38 bits per heavy atom. The lowest BCUT2D eigenvalue weighted by Crippen LogP contribution is -2.23. The normalized spacial score (nSPS) is 11.5. The molecule has 4 nitrogen and oxygen atoms in total. The van der Waals surface area contributed by atoms with Gasteiger partial charge in [-0.15, -0.1) is 0 Å². The molecule has 0 spiro atoms. The highest BCUT2D eigenvalue weighted by molar-refractivity contribution is 9.10. The number of ether oxygens (including phenoxy) is 2. The number of nitrogens with one attached hydrogen (secondary N) is 1. The Balaban J connectivity index is 2.34. The van der Waals surface area contributed by atoms with Crippen molar-refractivity contribution in [2.75, 3.05) is 26.9 Å². The fourth-order valence-electron chi connectivity index (χ4n) is 1.49. The van der Waals surface area contributed by atoms with Crippen LogP contribution in [0.25, 0.3) is 0 Å². The lowest BCUT2D eigenvalue weighted by atomic mass is 10.1. The molecule has 1 rings (SSSR count). The number of carbonyl (C=O) groups is 1. The van der Waals surface area contributed by atoms with Gasteiger partial charge < -0.3 is 14.8 Å². The molecule has 0 fully saturated rings. The first-order chi connectivity index (χ1) is 9.83. The number of halogens is 4. The van der Waals surface area contributed by atoms with Gasteiger partial charge in [0.2, 0.25) is 0 Å². The van der Waals surface area contributed by atoms with Gasteiger partial charge in [0.15, 0.2) is 0 Å². The first-order valence-electron chi connectivity index (χ1n) is 6.05. The highest BCUT2D eigenvalue weighted by Crippen LogP contribution is 2.19. The summed E-state index contributed by atoms with van der Waals surface area (Å²) in [7, 11) is 1.30. The van der Waals surface area contributed by atoms with Gasteiger partial charge in [-0.25, -0.2) is 4.79 Å². The molecule has 0 aliphatic rings. The van der Waals surface area contributed by atoms with Gasteiger partial charge in [-0.1, -0.05) is 22.0 Å². The van der Waals surface area contributed by atoms with E-state index in [0.29, 0.717) is 23.1 Å². The maximum atomic E-state index is 11.8. The molecule has 8 heteroatoms. The molecule has 1 aromatic carbocycles. The molecule has 0 atom stereocenters. The van der Waals surface area contributed by atoms with Crippen molar-refractivity contribution in [3.05, 3.63) is 33.8 Å². The van der Waals surface area contributed by atoms with Crippen molar-refractivity contribution in [2.45, 2.75) is 12.7 Å². The van der Waals surface area contributed by atoms with Crippen LogP contribution in [-0.4, -0.2) is 39.0 Å². The largest absolute Gasteiger partial charge is 0.465 e. The maximum Gasteiger partial charge on any atom is 0.411 e. The number of rotatable bonds is 7. The molecule has 0 amide bonds. The van der Waals surface area contributed by atoms with Crippen molar-refractivity contribution in [1.29, 1.82) is 0 Å². The number of hydrogen-bond donors (Lipinski definition) is 1. The summed E-state index contributed by atoms with van der Waals surface area (Å²) in [4.78, 5) is 11.3. The molecule has 0 aliphatic carbocycles. The predicted octanol–water partition coefficient (Wildman–Crippen LogP) is 2.90. The van der Waals surface area contributed by atoms with E-state index in [-0.39, 0.29) is 6.61 Å². The standard InChI is InChI=1S/C13H15BrF3NO3/c1-20-12(19)9-2-3-10(11(14)6-9)7-18-4-5-21-8-13(15,16)17/h2-3,6,18H,4-5,7-8H2,1H3. The highest BCUT2D eigenvalue weighted by atomic mass is 79.9. The molecule has 1 aromatic rings. The molecule has 0 radical (unpaired) electrons. The maximum absolute atomic E-state index is 11.8. The van der Waals surface area contributed by atoms with Crippen LogP contribution in [0.3, 0.4) is 0 Å². The van der Waals surface area contributed by atoms with Gasteiger partial charge in [-0.2, -0.15) is 13.2 Å². The minimum absolute atomic E-state index is 0.0304. The molecule has 0 heterocycles. The Bertz CT molecular complexity index is 480. The molecule has 1 N–H and O–H groups in total. The predicted molar refractivity (Wildman–Crippen MR) is 74.1 cm³/mol. The number of methoxy groups -OCH3 is 1. The minimum Gasteiger partial charge on any atom is -0.465 e. The number of carbonyl (C=O) groups excluding carboxylic acids is 1. The molecular formula is C13H15BrF3NO3. The van der Waals surface area contributed by atoms with Crippen LogP contribution in [0.15, 0.2) is 22.7 Å². The first kappa shape index (κ1) is 17.9. The third kappa shape index (κ3) is 6.92. The summed E-state index contributed by atoms with van der Waals surface area (Å²) in [6.45, 7) is -0.539. The van der Waals surface area contributed by atoms with Gasteiger partial charge in [0, 0.05) is 17.6 Å². The lowest BCUT2D eigenvalue weighted by molar-refractivity contribution is -0.173. The molecule has 118 valence electrons. The van der Waals surface area contributed by atoms with Crippen molar-refractivity contribution in [1.82, 2.24) is 5.32 Å². The topological polar surface area (TPSA) is 47.6 Å². The van der Waals surface area contributed by atoms with Crippen molar-refractivity contribution in [3.8, 4) is 0 Å². The van der Waals surface area contributed by atoms with Crippen LogP contribution in [0.5, 0.6) is 0 Å². The smallest absolute Gasteiger partial charge is 0.411 e. The van der Waals surface area contributed by atoms with Crippen LogP contribution in [0, 0.1) is 0 Å². The molecule has 0 unspecified atom stereocenters. The van der Waals surface area contributed by atoms with Gasteiger partial charge in [0.1, 0.15) is 6.61 Å². The molecule has 21 heavy (non-hydrogen) atoms. The summed E-state index contributed by atoms with van der Waals surface area (Å²) < 4.78 is 45.3. The van der Waals surface area contributed by atoms with E-state index in [1.807, 2.05) is 0 Å². The summed E-state index contributed by atoms with van der Waals surface area (Å²) in [5, 5.41) is 2.95. The lowest BCUT2D eigenvalue weighted by Gasteiger charge is -2.10. The fraction of sp³-hybridized carbons (Fsp3) is 0.462. The van der Waals surface area contributed by atoms with Gasteiger partial charge in [0.25, 0.3) is 0 Å². The zero-order chi connectivity index (χ0) is 15.9. The van der Waals surface area contributed by atoms with Crippen LogP contribution < -0.4 is 5.32 Å². The van der Waals surface area contributed by atoms with Crippen LogP contribution in [0.1, 0.15) is 15.9 Å².